The first-order valence-corrected chi connectivity index (χ1v) is 7.77. The molecular formula is C18H21N3O3. The van der Waals surface area contributed by atoms with E-state index >= 15 is 0 Å². The highest BCUT2D eigenvalue weighted by atomic mass is 16.6. The van der Waals surface area contributed by atoms with Crippen LogP contribution in [0.4, 0.5) is 11.4 Å². The van der Waals surface area contributed by atoms with E-state index < -0.39 is 4.92 Å². The molecule has 0 heterocycles. The summed E-state index contributed by atoms with van der Waals surface area (Å²) >= 11 is 0. The van der Waals surface area contributed by atoms with Gasteiger partial charge in [-0.15, -0.1) is 0 Å². The molecule has 1 N–H and O–H groups in total. The van der Waals surface area contributed by atoms with Gasteiger partial charge in [-0.2, -0.15) is 0 Å². The molecule has 0 radical (unpaired) electrons. The fourth-order valence-electron chi connectivity index (χ4n) is 2.44. The van der Waals surface area contributed by atoms with E-state index in [1.165, 1.54) is 17.7 Å². The van der Waals surface area contributed by atoms with Crippen LogP contribution in [0.5, 0.6) is 0 Å². The number of amides is 1. The molecule has 0 atom stereocenters. The number of hydrogen-bond acceptors (Lipinski definition) is 4. The molecule has 0 fully saturated rings. The molecule has 6 heteroatoms. The molecule has 1 amide bonds. The lowest BCUT2D eigenvalue weighted by Gasteiger charge is -2.17. The third-order valence-corrected chi connectivity index (χ3v) is 3.69. The second kappa shape index (κ2) is 8.10. The molecule has 2 aromatic carbocycles. The fourth-order valence-corrected chi connectivity index (χ4v) is 2.44. The molecule has 0 aromatic heterocycles. The topological polar surface area (TPSA) is 75.5 Å². The summed E-state index contributed by atoms with van der Waals surface area (Å²) in [5, 5.41) is 13.8. The number of non-ortho nitro benzene ring substituents is 1. The van der Waals surface area contributed by atoms with Crippen LogP contribution in [-0.2, 0) is 6.42 Å². The first-order valence-electron chi connectivity index (χ1n) is 7.77. The summed E-state index contributed by atoms with van der Waals surface area (Å²) in [6, 6.07) is 14.4. The minimum atomic E-state index is -0.494. The van der Waals surface area contributed by atoms with Crippen molar-refractivity contribution in [2.45, 2.75) is 12.8 Å². The number of benzene rings is 2. The lowest BCUT2D eigenvalue weighted by atomic mass is 10.1. The predicted octanol–water partition coefficient (Wildman–Crippen LogP) is 3.02. The van der Waals surface area contributed by atoms with E-state index in [9.17, 15) is 14.9 Å². The van der Waals surface area contributed by atoms with Gasteiger partial charge in [0.2, 0.25) is 0 Å². The van der Waals surface area contributed by atoms with Crippen molar-refractivity contribution in [2.24, 2.45) is 0 Å². The quantitative estimate of drug-likeness (QED) is 0.482. The number of carbonyl (C=O) groups excluding carboxylic acids is 1. The molecule has 2 aromatic rings. The molecular weight excluding hydrogens is 306 g/mol. The maximum absolute atomic E-state index is 12.4. The van der Waals surface area contributed by atoms with E-state index in [1.54, 1.807) is 25.1 Å². The Kier molecular flexibility index (Phi) is 5.89. The molecule has 0 saturated carbocycles. The number of rotatable bonds is 7. The Bertz CT molecular complexity index is 715. The number of hydrogen-bond donors (Lipinski definition) is 1. The number of nitrogens with one attached hydrogen (secondary N) is 1. The van der Waals surface area contributed by atoms with Crippen molar-refractivity contribution >= 4 is 17.3 Å². The maximum atomic E-state index is 12.4. The Labute approximate surface area is 141 Å². The third-order valence-electron chi connectivity index (χ3n) is 3.69. The average Bonchev–Trinajstić information content (AvgIpc) is 2.58. The SMILES string of the molecule is CN(C)c1ccc([N+](=O)[O-])cc1C(=O)NCCCc1ccccc1. The monoisotopic (exact) mass is 327 g/mol. The minimum Gasteiger partial charge on any atom is -0.377 e. The van der Waals surface area contributed by atoms with Gasteiger partial charge in [0.15, 0.2) is 0 Å². The van der Waals surface area contributed by atoms with Gasteiger partial charge >= 0.3 is 0 Å². The highest BCUT2D eigenvalue weighted by molar-refractivity contribution is 6.00. The summed E-state index contributed by atoms with van der Waals surface area (Å²) in [5.74, 6) is -0.296. The van der Waals surface area contributed by atoms with Gasteiger partial charge in [-0.3, -0.25) is 14.9 Å². The number of nitro groups is 1. The van der Waals surface area contributed by atoms with Crippen molar-refractivity contribution in [3.8, 4) is 0 Å². The first kappa shape index (κ1) is 17.5. The number of anilines is 1. The Morgan fingerprint density at radius 2 is 1.88 bits per heavy atom. The highest BCUT2D eigenvalue weighted by Gasteiger charge is 2.17. The van der Waals surface area contributed by atoms with E-state index in [2.05, 4.69) is 5.32 Å². The molecule has 2 rings (SSSR count). The largest absolute Gasteiger partial charge is 0.377 e. The molecule has 0 aliphatic rings. The molecule has 0 bridgehead atoms. The van der Waals surface area contributed by atoms with E-state index in [0.29, 0.717) is 17.8 Å². The number of nitrogens with zero attached hydrogens (tertiary/aromatic N) is 2. The third kappa shape index (κ3) is 4.55. The smallest absolute Gasteiger partial charge is 0.270 e. The van der Waals surface area contributed by atoms with E-state index in [-0.39, 0.29) is 11.6 Å². The van der Waals surface area contributed by atoms with Crippen LogP contribution in [0.25, 0.3) is 0 Å². The van der Waals surface area contributed by atoms with Gasteiger partial charge in [-0.05, 0) is 24.5 Å². The van der Waals surface area contributed by atoms with Gasteiger partial charge in [0.1, 0.15) is 0 Å². The Morgan fingerprint density at radius 3 is 2.50 bits per heavy atom. The minimum absolute atomic E-state index is 0.0879. The van der Waals surface area contributed by atoms with Crippen LogP contribution in [0, 0.1) is 10.1 Å². The lowest BCUT2D eigenvalue weighted by molar-refractivity contribution is -0.384. The lowest BCUT2D eigenvalue weighted by Crippen LogP contribution is -2.27. The van der Waals surface area contributed by atoms with Crippen molar-refractivity contribution in [3.63, 3.8) is 0 Å². The van der Waals surface area contributed by atoms with Crippen molar-refractivity contribution in [1.29, 1.82) is 0 Å². The Balaban J connectivity index is 2.00. The van der Waals surface area contributed by atoms with Gasteiger partial charge in [-0.1, -0.05) is 30.3 Å². The summed E-state index contributed by atoms with van der Waals surface area (Å²) in [7, 11) is 3.60. The summed E-state index contributed by atoms with van der Waals surface area (Å²) in [6.45, 7) is 0.517. The normalized spacial score (nSPS) is 10.2. The van der Waals surface area contributed by atoms with Crippen molar-refractivity contribution < 1.29 is 9.72 Å². The zero-order valence-electron chi connectivity index (χ0n) is 13.9. The number of nitro benzene ring substituents is 1. The van der Waals surface area contributed by atoms with Gasteiger partial charge < -0.3 is 10.2 Å². The molecule has 0 spiro atoms. The van der Waals surface area contributed by atoms with Crippen LogP contribution in [0.2, 0.25) is 0 Å². The van der Waals surface area contributed by atoms with Gasteiger partial charge in [-0.25, -0.2) is 0 Å². The first-order chi connectivity index (χ1) is 11.5. The zero-order valence-corrected chi connectivity index (χ0v) is 13.9. The second-order valence-electron chi connectivity index (χ2n) is 5.70. The maximum Gasteiger partial charge on any atom is 0.270 e. The van der Waals surface area contributed by atoms with Gasteiger partial charge in [0.05, 0.1) is 10.5 Å². The predicted molar refractivity (Wildman–Crippen MR) is 94.5 cm³/mol. The average molecular weight is 327 g/mol. The zero-order chi connectivity index (χ0) is 17.5. The summed E-state index contributed by atoms with van der Waals surface area (Å²) < 4.78 is 0. The Hall–Kier alpha value is -2.89. The Morgan fingerprint density at radius 1 is 1.17 bits per heavy atom. The molecule has 126 valence electrons. The molecule has 0 aliphatic carbocycles. The molecule has 0 unspecified atom stereocenters. The van der Waals surface area contributed by atoms with Crippen LogP contribution in [0.15, 0.2) is 48.5 Å². The van der Waals surface area contributed by atoms with E-state index in [1.807, 2.05) is 30.3 Å². The summed E-state index contributed by atoms with van der Waals surface area (Å²) in [5.41, 5.74) is 2.10. The molecule has 24 heavy (non-hydrogen) atoms. The van der Waals surface area contributed by atoms with E-state index in [0.717, 1.165) is 12.8 Å². The fraction of sp³-hybridized carbons (Fsp3) is 0.278. The molecule has 0 aliphatic heterocycles. The molecule has 6 nitrogen and oxygen atoms in total. The summed E-state index contributed by atoms with van der Waals surface area (Å²) in [6.07, 6.45) is 1.68. The van der Waals surface area contributed by atoms with Crippen LogP contribution in [0.3, 0.4) is 0 Å². The van der Waals surface area contributed by atoms with Crippen molar-refractivity contribution in [1.82, 2.24) is 5.32 Å². The van der Waals surface area contributed by atoms with Crippen LogP contribution < -0.4 is 10.2 Å². The van der Waals surface area contributed by atoms with Gasteiger partial charge in [0.25, 0.3) is 11.6 Å². The van der Waals surface area contributed by atoms with E-state index in [4.69, 9.17) is 0 Å². The number of carbonyl (C=O) groups is 1. The summed E-state index contributed by atoms with van der Waals surface area (Å²) in [4.78, 5) is 24.6. The molecule has 0 saturated heterocycles. The highest BCUT2D eigenvalue weighted by Crippen LogP contribution is 2.24. The van der Waals surface area contributed by atoms with Crippen molar-refractivity contribution in [2.75, 3.05) is 25.5 Å². The van der Waals surface area contributed by atoms with Crippen LogP contribution in [-0.4, -0.2) is 31.5 Å². The number of aryl methyl sites for hydroxylation is 1. The van der Waals surface area contributed by atoms with Gasteiger partial charge in [0, 0.05) is 38.5 Å². The standard InChI is InChI=1S/C18H21N3O3/c1-20(2)17-11-10-15(21(23)24)13-16(17)18(22)19-12-6-9-14-7-4-3-5-8-14/h3-5,7-8,10-11,13H,6,9,12H2,1-2H3,(H,19,22). The van der Waals surface area contributed by atoms with Crippen LogP contribution >= 0.6 is 0 Å². The van der Waals surface area contributed by atoms with Crippen LogP contribution in [0.1, 0.15) is 22.3 Å². The second-order valence-corrected chi connectivity index (χ2v) is 5.70. The van der Waals surface area contributed by atoms with Crippen molar-refractivity contribution in [3.05, 3.63) is 69.8 Å².